The lowest BCUT2D eigenvalue weighted by Crippen LogP contribution is -2.58. The number of aliphatic carboxylic acids is 1. The Labute approximate surface area is 267 Å². The van der Waals surface area contributed by atoms with Crippen LogP contribution in [-0.2, 0) is 34.5 Å². The number of carbonyl (C=O) groups is 3. The number of ether oxygens (including phenoxy) is 3. The average molecular weight is 636 g/mol. The predicted molar refractivity (Wildman–Crippen MR) is 167 cm³/mol. The van der Waals surface area contributed by atoms with E-state index >= 15 is 0 Å². The summed E-state index contributed by atoms with van der Waals surface area (Å²) in [5.41, 5.74) is -3.66. The third-order valence-electron chi connectivity index (χ3n) is 8.39. The molecule has 10 heteroatoms. The summed E-state index contributed by atoms with van der Waals surface area (Å²) < 4.78 is 18.2. The maximum atomic E-state index is 13.6. The van der Waals surface area contributed by atoms with E-state index < -0.39 is 47.0 Å². The molecule has 0 saturated carbocycles. The normalized spacial score (nSPS) is 25.8. The summed E-state index contributed by atoms with van der Waals surface area (Å²) in [6.45, 7) is 3.92. The zero-order valence-electron chi connectivity index (χ0n) is 25.0. The van der Waals surface area contributed by atoms with Crippen LogP contribution in [0.3, 0.4) is 0 Å². The molecule has 3 unspecified atom stereocenters. The van der Waals surface area contributed by atoms with Crippen molar-refractivity contribution in [2.45, 2.75) is 61.2 Å². The van der Waals surface area contributed by atoms with E-state index in [1.54, 1.807) is 84.9 Å². The number of carboxylic acid groups (broad SMARTS) is 1. The number of carboxylic acids is 1. The van der Waals surface area contributed by atoms with Crippen LogP contribution >= 0.6 is 11.6 Å². The van der Waals surface area contributed by atoms with E-state index in [9.17, 15) is 24.6 Å². The van der Waals surface area contributed by atoms with Crippen molar-refractivity contribution in [2.75, 3.05) is 26.2 Å². The van der Waals surface area contributed by atoms with E-state index in [1.807, 2.05) is 0 Å². The summed E-state index contributed by atoms with van der Waals surface area (Å²) in [7, 11) is 0. The van der Waals surface area contributed by atoms with Gasteiger partial charge in [0.2, 0.25) is 5.60 Å². The second-order valence-corrected chi connectivity index (χ2v) is 12.2. The Balaban J connectivity index is 1.50. The second-order valence-electron chi connectivity index (χ2n) is 11.6. The van der Waals surface area contributed by atoms with Crippen LogP contribution in [0.2, 0.25) is 0 Å². The van der Waals surface area contributed by atoms with Crippen LogP contribution in [-0.4, -0.2) is 64.9 Å². The molecule has 45 heavy (non-hydrogen) atoms. The number of hydrogen-bond donors (Lipinski definition) is 2. The molecule has 2 aliphatic heterocycles. The molecule has 9 nitrogen and oxygen atoms in total. The molecule has 3 aromatic carbocycles. The fourth-order valence-electron chi connectivity index (χ4n) is 6.10. The number of alkyl halides is 1. The van der Waals surface area contributed by atoms with E-state index in [1.165, 1.54) is 19.3 Å². The first kappa shape index (κ1) is 32.5. The molecule has 0 amide bonds. The topological polar surface area (TPSA) is 123 Å². The number of halogens is 1. The number of unbranched alkanes of at least 4 members (excludes halogenated alkanes) is 1. The second kappa shape index (κ2) is 14.0. The predicted octanol–water partition coefficient (Wildman–Crippen LogP) is 5.36. The molecule has 0 bridgehead atoms. The van der Waals surface area contributed by atoms with E-state index in [-0.39, 0.29) is 5.56 Å². The molecule has 2 saturated heterocycles. The van der Waals surface area contributed by atoms with Gasteiger partial charge in [-0.2, -0.15) is 0 Å². The zero-order valence-corrected chi connectivity index (χ0v) is 25.8. The Morgan fingerprint density at radius 3 is 2.04 bits per heavy atom. The molecule has 3 aromatic rings. The molecule has 2 N–H and O–H groups in total. The van der Waals surface area contributed by atoms with Crippen molar-refractivity contribution in [3.63, 3.8) is 0 Å². The van der Waals surface area contributed by atoms with Crippen molar-refractivity contribution < 1.29 is 38.8 Å². The fourth-order valence-corrected chi connectivity index (χ4v) is 6.56. The molecule has 3 atom stereocenters. The Morgan fingerprint density at radius 2 is 1.42 bits per heavy atom. The Bertz CT molecular complexity index is 1460. The minimum Gasteiger partial charge on any atom is -0.494 e. The van der Waals surface area contributed by atoms with Crippen molar-refractivity contribution in [3.8, 4) is 5.75 Å². The molecule has 0 spiro atoms. The summed E-state index contributed by atoms with van der Waals surface area (Å²) in [5.74, 6) is -3.29. The molecule has 0 aliphatic carbocycles. The van der Waals surface area contributed by atoms with Crippen LogP contribution in [0.25, 0.3) is 0 Å². The van der Waals surface area contributed by atoms with Gasteiger partial charge in [-0.1, -0.05) is 90.8 Å². The van der Waals surface area contributed by atoms with Crippen LogP contribution in [0, 0.1) is 0 Å². The van der Waals surface area contributed by atoms with Crippen LogP contribution in [0.5, 0.6) is 5.75 Å². The summed E-state index contributed by atoms with van der Waals surface area (Å²) in [6.07, 6.45) is 3.75. The Morgan fingerprint density at radius 1 is 0.822 bits per heavy atom. The number of likely N-dealkylation sites (tertiary alicyclic amines) is 1. The highest BCUT2D eigenvalue weighted by Gasteiger charge is 2.64. The van der Waals surface area contributed by atoms with Crippen molar-refractivity contribution in [1.82, 2.24) is 4.90 Å². The summed E-state index contributed by atoms with van der Waals surface area (Å²) in [6, 6.07) is 23.8. The number of nitrogens with zero attached hydrogens (tertiary/aromatic N) is 1. The van der Waals surface area contributed by atoms with E-state index in [0.717, 1.165) is 32.5 Å². The van der Waals surface area contributed by atoms with Crippen LogP contribution in [0.15, 0.2) is 84.9 Å². The maximum absolute atomic E-state index is 13.6. The molecule has 0 aromatic heterocycles. The van der Waals surface area contributed by atoms with Crippen molar-refractivity contribution in [1.29, 1.82) is 0 Å². The molecule has 2 heterocycles. The highest BCUT2D eigenvalue weighted by atomic mass is 35.5. The van der Waals surface area contributed by atoms with Crippen LogP contribution < -0.4 is 4.74 Å². The zero-order chi connectivity index (χ0) is 31.9. The van der Waals surface area contributed by atoms with Gasteiger partial charge in [0, 0.05) is 16.7 Å². The summed E-state index contributed by atoms with van der Waals surface area (Å²) in [4.78, 5) is 41.2. The minimum atomic E-state index is -2.70. The highest BCUT2D eigenvalue weighted by molar-refractivity contribution is 6.25. The van der Waals surface area contributed by atoms with Gasteiger partial charge in [-0.05, 0) is 57.5 Å². The summed E-state index contributed by atoms with van der Waals surface area (Å²) in [5, 5.41) is 18.2. The molecule has 2 aliphatic rings. The lowest BCUT2D eigenvalue weighted by molar-refractivity contribution is -0.219. The number of carbonyl (C=O) groups excluding carboxylic acids is 2. The number of esters is 2. The standard InChI is InChI=1S/C35H38ClNO8/c36-35(28-14-6-2-7-15-28)34(26-12-4-1-5-13-26,44-31(40)25-33(42,24-30(38)39)32(41)45-35)27-16-18-29(19-17-27)43-23-11-10-22-37-20-8-3-9-21-37/h1-2,4-7,12-19,42H,3,8-11,20-25H2,(H,38,39). The molecular formula is C35H38ClNO8. The SMILES string of the molecule is O=C(O)CC1(O)CC(=O)OC(c2ccccc2)(c2ccc(OCCCCN3CCCCC3)cc2)C(Cl)(c2ccccc2)OC1=O. The van der Waals surface area contributed by atoms with Crippen molar-refractivity contribution >= 4 is 29.5 Å². The number of aliphatic hydroxyl groups is 1. The van der Waals surface area contributed by atoms with Gasteiger partial charge in [0.05, 0.1) is 19.4 Å². The third-order valence-corrected chi connectivity index (χ3v) is 8.95. The first-order valence-corrected chi connectivity index (χ1v) is 15.7. The highest BCUT2D eigenvalue weighted by Crippen LogP contribution is 2.55. The lowest BCUT2D eigenvalue weighted by atomic mass is 9.77. The quantitative estimate of drug-likeness (QED) is 0.163. The largest absolute Gasteiger partial charge is 0.494 e. The number of hydrogen-bond acceptors (Lipinski definition) is 8. The lowest BCUT2D eigenvalue weighted by Gasteiger charge is -2.48. The third kappa shape index (κ3) is 7.01. The summed E-state index contributed by atoms with van der Waals surface area (Å²) >= 11 is 7.40. The number of rotatable bonds is 11. The van der Waals surface area contributed by atoms with Crippen molar-refractivity contribution in [2.24, 2.45) is 0 Å². The van der Waals surface area contributed by atoms with Gasteiger partial charge in [0.25, 0.3) is 5.06 Å². The van der Waals surface area contributed by atoms with Crippen molar-refractivity contribution in [3.05, 3.63) is 102 Å². The van der Waals surface area contributed by atoms with Gasteiger partial charge < -0.3 is 29.3 Å². The number of benzene rings is 3. The van der Waals surface area contributed by atoms with Gasteiger partial charge >= 0.3 is 17.9 Å². The Kier molecular flexibility index (Phi) is 10.1. The monoisotopic (exact) mass is 635 g/mol. The molecule has 2 fully saturated rings. The first-order chi connectivity index (χ1) is 21.7. The van der Waals surface area contributed by atoms with Gasteiger partial charge in [-0.3, -0.25) is 9.59 Å². The first-order valence-electron chi connectivity index (χ1n) is 15.3. The molecule has 238 valence electrons. The number of cyclic esters (lactones) is 2. The van der Waals surface area contributed by atoms with Gasteiger partial charge in [-0.15, -0.1) is 0 Å². The van der Waals surface area contributed by atoms with E-state index in [2.05, 4.69) is 4.90 Å². The van der Waals surface area contributed by atoms with Crippen LogP contribution in [0.1, 0.15) is 61.6 Å². The Hall–Kier alpha value is -3.92. The fraction of sp³-hybridized carbons (Fsp3) is 0.400. The molecular weight excluding hydrogens is 598 g/mol. The van der Waals surface area contributed by atoms with Gasteiger partial charge in [0.15, 0.2) is 5.60 Å². The average Bonchev–Trinajstić information content (AvgIpc) is 3.04. The van der Waals surface area contributed by atoms with Gasteiger partial charge in [0.1, 0.15) is 5.75 Å². The minimum absolute atomic E-state index is 0.241. The maximum Gasteiger partial charge on any atom is 0.341 e. The number of piperidine rings is 1. The van der Waals surface area contributed by atoms with E-state index in [0.29, 0.717) is 23.5 Å². The smallest absolute Gasteiger partial charge is 0.341 e. The van der Waals surface area contributed by atoms with Gasteiger partial charge in [-0.25, -0.2) is 4.79 Å². The van der Waals surface area contributed by atoms with Crippen LogP contribution in [0.4, 0.5) is 0 Å². The van der Waals surface area contributed by atoms with E-state index in [4.69, 9.17) is 25.8 Å². The molecule has 0 radical (unpaired) electrons. The molecule has 5 rings (SSSR count).